The first kappa shape index (κ1) is 10.1. The second-order valence-electron chi connectivity index (χ2n) is 2.41. The minimum Gasteiger partial charge on any atom is -1.00 e. The molecule has 11 heavy (non-hydrogen) atoms. The third-order valence-electron chi connectivity index (χ3n) is 1.37. The smallest absolute Gasteiger partial charge is 0.115 e. The molecule has 0 bridgehead atoms. The summed E-state index contributed by atoms with van der Waals surface area (Å²) in [4.78, 5) is 1.99. The van der Waals surface area contributed by atoms with Crippen LogP contribution in [0.3, 0.4) is 0 Å². The zero-order valence-electron chi connectivity index (χ0n) is 6.58. The van der Waals surface area contributed by atoms with Gasteiger partial charge in [-0.15, -0.1) is 0 Å². The topological polar surface area (TPSA) is 23.5 Å². The summed E-state index contributed by atoms with van der Waals surface area (Å²) < 4.78 is 0. The molecule has 0 unspecified atom stereocenters. The number of hydrogen-bond acceptors (Lipinski definition) is 2. The van der Waals surface area contributed by atoms with Gasteiger partial charge in [0.15, 0.2) is 0 Å². The molecule has 0 heterocycles. The van der Waals surface area contributed by atoms with Crippen LogP contribution in [0.2, 0.25) is 0 Å². The summed E-state index contributed by atoms with van der Waals surface area (Å²) in [7, 11) is 3.93. The number of rotatable bonds is 1. The van der Waals surface area contributed by atoms with Gasteiger partial charge in [-0.1, -0.05) is 0 Å². The first-order chi connectivity index (χ1) is 4.70. The van der Waals surface area contributed by atoms with E-state index < -0.39 is 0 Å². The van der Waals surface area contributed by atoms with Crippen molar-refractivity contribution in [2.45, 2.75) is 0 Å². The normalized spacial score (nSPS) is 8.55. The summed E-state index contributed by atoms with van der Waals surface area (Å²) >= 11 is 0. The van der Waals surface area contributed by atoms with Gasteiger partial charge in [-0.05, 0) is 24.3 Å². The van der Waals surface area contributed by atoms with E-state index >= 15 is 0 Å². The number of aromatic hydroxyl groups is 1. The zero-order valence-corrected chi connectivity index (χ0v) is 7.34. The van der Waals surface area contributed by atoms with Crippen molar-refractivity contribution < 1.29 is 17.5 Å². The quantitative estimate of drug-likeness (QED) is 0.555. The summed E-state index contributed by atoms with van der Waals surface area (Å²) in [5, 5.41) is 8.92. The van der Waals surface area contributed by atoms with E-state index in [4.69, 9.17) is 5.11 Å². The second-order valence-corrected chi connectivity index (χ2v) is 2.41. The van der Waals surface area contributed by atoms with Gasteiger partial charge < -0.3 is 22.4 Å². The Morgan fingerprint density at radius 1 is 1.09 bits per heavy atom. The molecule has 1 rings (SSSR count). The van der Waals surface area contributed by atoms with Crippen LogP contribution >= 0.6 is 0 Å². The highest BCUT2D eigenvalue weighted by Crippen LogP contribution is 2.15. The van der Waals surface area contributed by atoms with Gasteiger partial charge in [0.05, 0.1) is 0 Å². The molecule has 2 nitrogen and oxygen atoms in total. The molecule has 0 aliphatic heterocycles. The fourth-order valence-electron chi connectivity index (χ4n) is 0.751. The van der Waals surface area contributed by atoms with Gasteiger partial charge in [-0.25, -0.2) is 0 Å². The average molecular weight is 173 g/mol. The van der Waals surface area contributed by atoms with Crippen molar-refractivity contribution in [3.8, 4) is 5.75 Å². The summed E-state index contributed by atoms with van der Waals surface area (Å²) in [5.41, 5.74) is 1.10. The van der Waals surface area contributed by atoms with E-state index in [9.17, 15) is 0 Å². The van der Waals surface area contributed by atoms with Crippen LogP contribution in [-0.4, -0.2) is 19.2 Å². The Kier molecular flexibility index (Phi) is 3.76. The standard InChI is InChI=1S/C8H11NO.ClH/c1-9(2)7-3-5-8(10)6-4-7;/h3-6,10H,1-2H3;1H/p-1. The fourth-order valence-corrected chi connectivity index (χ4v) is 0.751. The summed E-state index contributed by atoms with van der Waals surface area (Å²) in [6, 6.07) is 7.09. The molecule has 0 saturated heterocycles. The Hall–Kier alpha value is -0.890. The van der Waals surface area contributed by atoms with Gasteiger partial charge in [-0.3, -0.25) is 0 Å². The molecule has 0 saturated carbocycles. The third kappa shape index (κ3) is 2.68. The van der Waals surface area contributed by atoms with E-state index in [0.29, 0.717) is 5.75 Å². The van der Waals surface area contributed by atoms with E-state index in [2.05, 4.69) is 0 Å². The van der Waals surface area contributed by atoms with E-state index in [1.54, 1.807) is 12.1 Å². The molecule has 0 fully saturated rings. The molecule has 0 aromatic heterocycles. The van der Waals surface area contributed by atoms with Crippen LogP contribution in [0.15, 0.2) is 24.3 Å². The molecule has 0 atom stereocenters. The van der Waals surface area contributed by atoms with Gasteiger partial charge in [-0.2, -0.15) is 0 Å². The van der Waals surface area contributed by atoms with Gasteiger partial charge in [0.1, 0.15) is 5.75 Å². The first-order valence-electron chi connectivity index (χ1n) is 3.16. The van der Waals surface area contributed by atoms with Crippen molar-refractivity contribution in [1.82, 2.24) is 0 Å². The number of halogens is 1. The number of anilines is 1. The molecule has 0 amide bonds. The molecule has 0 aliphatic carbocycles. The Morgan fingerprint density at radius 2 is 1.55 bits per heavy atom. The molecule has 0 spiro atoms. The minimum atomic E-state index is 0. The van der Waals surface area contributed by atoms with Crippen molar-refractivity contribution in [3.63, 3.8) is 0 Å². The molecule has 0 aliphatic rings. The van der Waals surface area contributed by atoms with Crippen LogP contribution < -0.4 is 17.3 Å². The summed E-state index contributed by atoms with van der Waals surface area (Å²) in [5.74, 6) is 0.311. The van der Waals surface area contributed by atoms with E-state index in [-0.39, 0.29) is 12.4 Å². The lowest BCUT2D eigenvalue weighted by Crippen LogP contribution is -3.00. The number of benzene rings is 1. The zero-order chi connectivity index (χ0) is 7.56. The average Bonchev–Trinajstić information content (AvgIpc) is 1.88. The highest BCUT2D eigenvalue weighted by Gasteiger charge is 1.92. The number of nitrogens with zero attached hydrogens (tertiary/aromatic N) is 1. The molecular formula is C8H11ClNO-. The van der Waals surface area contributed by atoms with Crippen molar-refractivity contribution in [3.05, 3.63) is 24.3 Å². The lowest BCUT2D eigenvalue weighted by Gasteiger charge is -2.11. The van der Waals surface area contributed by atoms with Crippen LogP contribution in [0.5, 0.6) is 5.75 Å². The predicted molar refractivity (Wildman–Crippen MR) is 42.4 cm³/mol. The van der Waals surface area contributed by atoms with Crippen LogP contribution in [0.25, 0.3) is 0 Å². The molecule has 1 N–H and O–H groups in total. The van der Waals surface area contributed by atoms with Crippen LogP contribution in [0.1, 0.15) is 0 Å². The number of hydrogen-bond donors (Lipinski definition) is 1. The van der Waals surface area contributed by atoms with E-state index in [0.717, 1.165) is 5.69 Å². The predicted octanol–water partition coefficient (Wildman–Crippen LogP) is -1.54. The lowest BCUT2D eigenvalue weighted by molar-refractivity contribution is -0.00000317. The Labute approximate surface area is 72.9 Å². The molecule has 1 aromatic rings. The van der Waals surface area contributed by atoms with E-state index in [1.807, 2.05) is 31.1 Å². The maximum Gasteiger partial charge on any atom is 0.115 e. The Morgan fingerprint density at radius 3 is 1.91 bits per heavy atom. The monoisotopic (exact) mass is 172 g/mol. The molecule has 3 heteroatoms. The van der Waals surface area contributed by atoms with Crippen molar-refractivity contribution >= 4 is 5.69 Å². The first-order valence-corrected chi connectivity index (χ1v) is 3.16. The third-order valence-corrected chi connectivity index (χ3v) is 1.37. The fraction of sp³-hybridized carbons (Fsp3) is 0.250. The SMILES string of the molecule is CN(C)c1ccc(O)cc1.[Cl-]. The molecule has 0 radical (unpaired) electrons. The lowest BCUT2D eigenvalue weighted by atomic mass is 10.3. The maximum atomic E-state index is 8.92. The Bertz CT molecular complexity index is 208. The maximum absolute atomic E-state index is 8.92. The van der Waals surface area contributed by atoms with Crippen LogP contribution in [-0.2, 0) is 0 Å². The molecule has 62 valence electrons. The van der Waals surface area contributed by atoms with Gasteiger partial charge in [0.25, 0.3) is 0 Å². The van der Waals surface area contributed by atoms with Crippen molar-refractivity contribution in [2.75, 3.05) is 19.0 Å². The van der Waals surface area contributed by atoms with Gasteiger partial charge in [0.2, 0.25) is 0 Å². The molecular weight excluding hydrogens is 162 g/mol. The minimum absolute atomic E-state index is 0. The van der Waals surface area contributed by atoms with Gasteiger partial charge >= 0.3 is 0 Å². The van der Waals surface area contributed by atoms with Crippen LogP contribution in [0, 0.1) is 0 Å². The number of phenolic OH excluding ortho intramolecular Hbond substituents is 1. The largest absolute Gasteiger partial charge is 1.00 e. The van der Waals surface area contributed by atoms with Crippen molar-refractivity contribution in [2.24, 2.45) is 0 Å². The highest BCUT2D eigenvalue weighted by atomic mass is 35.5. The molecule has 1 aromatic carbocycles. The number of phenols is 1. The van der Waals surface area contributed by atoms with E-state index in [1.165, 1.54) is 0 Å². The second kappa shape index (κ2) is 4.09. The highest BCUT2D eigenvalue weighted by molar-refractivity contribution is 5.47. The summed E-state index contributed by atoms with van der Waals surface area (Å²) in [6.07, 6.45) is 0. The van der Waals surface area contributed by atoms with Crippen LogP contribution in [0.4, 0.5) is 5.69 Å². The van der Waals surface area contributed by atoms with Gasteiger partial charge in [0, 0.05) is 19.8 Å². The van der Waals surface area contributed by atoms with Crippen molar-refractivity contribution in [1.29, 1.82) is 0 Å². The summed E-state index contributed by atoms with van der Waals surface area (Å²) in [6.45, 7) is 0. The Balaban J connectivity index is 0.000001000.